The number of hydrogen-bond acceptors (Lipinski definition) is 4. The first-order valence-corrected chi connectivity index (χ1v) is 7.85. The fraction of sp³-hybridized carbons (Fsp3) is 0.588. The van der Waals surface area contributed by atoms with E-state index in [0.717, 1.165) is 37.1 Å². The number of amides is 1. The predicted molar refractivity (Wildman–Crippen MR) is 88.5 cm³/mol. The molecule has 0 unspecified atom stereocenters. The molecule has 1 saturated carbocycles. The minimum absolute atomic E-state index is 0.189. The lowest BCUT2D eigenvalue weighted by Gasteiger charge is -2.42. The largest absolute Gasteiger partial charge is 0.444 e. The summed E-state index contributed by atoms with van der Waals surface area (Å²) in [4.78, 5) is 12.0. The first-order chi connectivity index (χ1) is 10.3. The molecule has 0 radical (unpaired) electrons. The van der Waals surface area contributed by atoms with E-state index < -0.39 is 5.60 Å². The number of anilines is 1. The van der Waals surface area contributed by atoms with Gasteiger partial charge in [0.05, 0.1) is 5.54 Å². The van der Waals surface area contributed by atoms with Gasteiger partial charge in [-0.2, -0.15) is 0 Å². The molecule has 0 saturated heterocycles. The van der Waals surface area contributed by atoms with E-state index in [-0.39, 0.29) is 11.6 Å². The Balaban J connectivity index is 1.84. The van der Waals surface area contributed by atoms with E-state index in [1.54, 1.807) is 0 Å². The molecule has 2 rings (SSSR count). The van der Waals surface area contributed by atoms with Crippen molar-refractivity contribution in [1.82, 2.24) is 10.6 Å². The third-order valence-corrected chi connectivity index (χ3v) is 3.91. The average molecular weight is 305 g/mol. The third-order valence-electron chi connectivity index (χ3n) is 3.91. The lowest BCUT2D eigenvalue weighted by molar-refractivity contribution is 0.0382. The molecular formula is C17H27N3O2. The van der Waals surface area contributed by atoms with Crippen LogP contribution in [-0.2, 0) is 11.3 Å². The second kappa shape index (κ2) is 6.57. The number of hydrogen-bond donors (Lipinski definition) is 3. The number of para-hydroxylation sites is 1. The van der Waals surface area contributed by atoms with Crippen LogP contribution in [-0.4, -0.2) is 23.8 Å². The van der Waals surface area contributed by atoms with Crippen molar-refractivity contribution in [1.29, 1.82) is 0 Å². The Bertz CT molecular complexity index is 519. The number of ether oxygens (including phenoxy) is 1. The molecule has 1 fully saturated rings. The number of alkyl carbamates (subject to hydrolysis) is 1. The predicted octanol–water partition coefficient (Wildman–Crippen LogP) is 2.81. The lowest BCUT2D eigenvalue weighted by Crippen LogP contribution is -2.59. The molecule has 5 nitrogen and oxygen atoms in total. The van der Waals surface area contributed by atoms with Crippen LogP contribution in [0.3, 0.4) is 0 Å². The monoisotopic (exact) mass is 305 g/mol. The fourth-order valence-electron chi connectivity index (χ4n) is 2.60. The molecule has 22 heavy (non-hydrogen) atoms. The van der Waals surface area contributed by atoms with E-state index in [9.17, 15) is 4.79 Å². The van der Waals surface area contributed by atoms with Gasteiger partial charge in [0.2, 0.25) is 0 Å². The summed E-state index contributed by atoms with van der Waals surface area (Å²) in [7, 11) is 0. The van der Waals surface area contributed by atoms with Crippen molar-refractivity contribution in [2.75, 3.05) is 12.3 Å². The summed E-state index contributed by atoms with van der Waals surface area (Å²) in [5.41, 5.74) is 7.14. The summed E-state index contributed by atoms with van der Waals surface area (Å²) in [6.07, 6.45) is 2.74. The van der Waals surface area contributed by atoms with E-state index in [1.165, 1.54) is 0 Å². The Morgan fingerprint density at radius 3 is 2.55 bits per heavy atom. The van der Waals surface area contributed by atoms with Crippen LogP contribution in [0.2, 0.25) is 0 Å². The van der Waals surface area contributed by atoms with Gasteiger partial charge in [-0.15, -0.1) is 0 Å². The quantitative estimate of drug-likeness (QED) is 0.731. The Hall–Kier alpha value is -1.75. The highest BCUT2D eigenvalue weighted by atomic mass is 16.6. The number of nitrogen functional groups attached to an aromatic ring is 1. The van der Waals surface area contributed by atoms with Crippen LogP contribution in [0, 0.1) is 0 Å². The molecule has 122 valence electrons. The Kier molecular flexibility index (Phi) is 4.96. The van der Waals surface area contributed by atoms with Gasteiger partial charge in [-0.25, -0.2) is 4.79 Å². The summed E-state index contributed by atoms with van der Waals surface area (Å²) in [5, 5.41) is 6.44. The van der Waals surface area contributed by atoms with Gasteiger partial charge in [0.1, 0.15) is 5.60 Å². The maximum absolute atomic E-state index is 12.0. The van der Waals surface area contributed by atoms with Crippen molar-refractivity contribution < 1.29 is 9.53 Å². The molecule has 1 aliphatic carbocycles. The fourth-order valence-corrected chi connectivity index (χ4v) is 2.60. The zero-order valence-corrected chi connectivity index (χ0v) is 13.7. The van der Waals surface area contributed by atoms with E-state index in [2.05, 4.69) is 10.6 Å². The van der Waals surface area contributed by atoms with Crippen LogP contribution < -0.4 is 16.4 Å². The van der Waals surface area contributed by atoms with Crippen LogP contribution in [0.5, 0.6) is 0 Å². The molecule has 0 atom stereocenters. The van der Waals surface area contributed by atoms with Gasteiger partial charge in [-0.1, -0.05) is 18.2 Å². The molecule has 0 aliphatic heterocycles. The van der Waals surface area contributed by atoms with E-state index in [0.29, 0.717) is 6.54 Å². The standard InChI is InChI=1S/C17H27N3O2/c1-16(2,3)22-15(21)20-17(9-6-10-17)12-19-11-13-7-4-5-8-14(13)18/h4-5,7-8,19H,6,9-12,18H2,1-3H3,(H,20,21). The Labute approximate surface area is 132 Å². The van der Waals surface area contributed by atoms with Crippen molar-refractivity contribution in [2.24, 2.45) is 0 Å². The smallest absolute Gasteiger partial charge is 0.408 e. The van der Waals surface area contributed by atoms with Gasteiger partial charge < -0.3 is 21.1 Å². The van der Waals surface area contributed by atoms with Crippen LogP contribution >= 0.6 is 0 Å². The number of nitrogens with one attached hydrogen (secondary N) is 2. The Morgan fingerprint density at radius 2 is 2.00 bits per heavy atom. The van der Waals surface area contributed by atoms with Crippen molar-refractivity contribution in [3.8, 4) is 0 Å². The molecule has 0 spiro atoms. The summed E-state index contributed by atoms with van der Waals surface area (Å²) < 4.78 is 5.36. The van der Waals surface area contributed by atoms with Crippen molar-refractivity contribution in [3.63, 3.8) is 0 Å². The van der Waals surface area contributed by atoms with Crippen molar-refractivity contribution in [3.05, 3.63) is 29.8 Å². The molecule has 4 N–H and O–H groups in total. The third kappa shape index (κ3) is 4.63. The van der Waals surface area contributed by atoms with Gasteiger partial charge in [-0.3, -0.25) is 0 Å². The van der Waals surface area contributed by atoms with Crippen LogP contribution in [0.25, 0.3) is 0 Å². The van der Waals surface area contributed by atoms with Gasteiger partial charge in [0.25, 0.3) is 0 Å². The second-order valence-corrected chi connectivity index (χ2v) is 7.06. The highest BCUT2D eigenvalue weighted by molar-refractivity contribution is 5.69. The molecule has 0 aromatic heterocycles. The topological polar surface area (TPSA) is 76.4 Å². The van der Waals surface area contributed by atoms with Gasteiger partial charge in [-0.05, 0) is 51.7 Å². The normalized spacial score (nSPS) is 16.7. The molecule has 1 aromatic rings. The summed E-state index contributed by atoms with van der Waals surface area (Å²) in [6.45, 7) is 7.04. The SMILES string of the molecule is CC(C)(C)OC(=O)NC1(CNCc2ccccc2N)CCC1. The highest BCUT2D eigenvalue weighted by Gasteiger charge is 2.39. The minimum atomic E-state index is -0.471. The molecule has 1 aliphatic rings. The number of nitrogens with two attached hydrogens (primary N) is 1. The van der Waals surface area contributed by atoms with E-state index in [4.69, 9.17) is 10.5 Å². The maximum Gasteiger partial charge on any atom is 0.408 e. The van der Waals surface area contributed by atoms with E-state index in [1.807, 2.05) is 45.0 Å². The molecule has 0 heterocycles. The maximum atomic E-state index is 12.0. The van der Waals surface area contributed by atoms with Crippen LogP contribution in [0.15, 0.2) is 24.3 Å². The number of carbonyl (C=O) groups excluding carboxylic acids is 1. The lowest BCUT2D eigenvalue weighted by atomic mass is 9.76. The molecule has 1 amide bonds. The summed E-state index contributed by atoms with van der Waals surface area (Å²) >= 11 is 0. The average Bonchev–Trinajstić information content (AvgIpc) is 2.35. The van der Waals surface area contributed by atoms with Gasteiger partial charge >= 0.3 is 6.09 Å². The van der Waals surface area contributed by atoms with Crippen LogP contribution in [0.4, 0.5) is 10.5 Å². The Morgan fingerprint density at radius 1 is 1.32 bits per heavy atom. The zero-order chi connectivity index (χ0) is 16.2. The first-order valence-electron chi connectivity index (χ1n) is 7.85. The van der Waals surface area contributed by atoms with Crippen molar-refractivity contribution in [2.45, 2.75) is 57.7 Å². The van der Waals surface area contributed by atoms with Gasteiger partial charge in [0, 0.05) is 18.8 Å². The highest BCUT2D eigenvalue weighted by Crippen LogP contribution is 2.31. The molecular weight excluding hydrogens is 278 g/mol. The van der Waals surface area contributed by atoms with Gasteiger partial charge in [0.15, 0.2) is 0 Å². The molecule has 1 aromatic carbocycles. The summed E-state index contributed by atoms with van der Waals surface area (Å²) in [5.74, 6) is 0. The summed E-state index contributed by atoms with van der Waals surface area (Å²) in [6, 6.07) is 7.81. The minimum Gasteiger partial charge on any atom is -0.444 e. The molecule has 5 heteroatoms. The number of benzene rings is 1. The number of carbonyl (C=O) groups is 1. The molecule has 0 bridgehead atoms. The van der Waals surface area contributed by atoms with Crippen molar-refractivity contribution >= 4 is 11.8 Å². The van der Waals surface area contributed by atoms with Crippen LogP contribution in [0.1, 0.15) is 45.6 Å². The number of rotatable bonds is 5. The second-order valence-electron chi connectivity index (χ2n) is 7.06. The zero-order valence-electron chi connectivity index (χ0n) is 13.7. The first kappa shape index (κ1) is 16.6. The van der Waals surface area contributed by atoms with E-state index >= 15 is 0 Å².